The molecule has 1 atom stereocenters. The van der Waals surface area contributed by atoms with Crippen molar-refractivity contribution in [2.75, 3.05) is 6.54 Å². The third kappa shape index (κ3) is 2.77. The first-order chi connectivity index (χ1) is 10.6. The molecule has 2 aromatic rings. The predicted molar refractivity (Wildman–Crippen MR) is 85.0 cm³/mol. The Kier molecular flexibility index (Phi) is 3.99. The van der Waals surface area contributed by atoms with Crippen molar-refractivity contribution >= 4 is 17.2 Å². The van der Waals surface area contributed by atoms with Gasteiger partial charge in [-0.2, -0.15) is 5.26 Å². The molecule has 0 bridgehead atoms. The maximum absolute atomic E-state index is 12.3. The number of nitrogens with one attached hydrogen (secondary N) is 1. The van der Waals surface area contributed by atoms with E-state index in [4.69, 9.17) is 5.26 Å². The van der Waals surface area contributed by atoms with Gasteiger partial charge in [-0.1, -0.05) is 0 Å². The number of nitriles is 1. The third-order valence-electron chi connectivity index (χ3n) is 4.05. The van der Waals surface area contributed by atoms with E-state index in [0.29, 0.717) is 23.7 Å². The van der Waals surface area contributed by atoms with E-state index in [2.05, 4.69) is 16.4 Å². The molecule has 0 aromatic carbocycles. The summed E-state index contributed by atoms with van der Waals surface area (Å²) in [6.07, 6.45) is 4.98. The maximum Gasteiger partial charge on any atom is 0.267 e. The fourth-order valence-corrected chi connectivity index (χ4v) is 4.05. The first-order valence-electron chi connectivity index (χ1n) is 7.39. The number of carbonyl (C=O) groups excluding carboxylic acids is 1. The number of thiazole rings is 1. The molecule has 6 heteroatoms. The van der Waals surface area contributed by atoms with Gasteiger partial charge in [0.2, 0.25) is 0 Å². The number of hydrogen-bond acceptors (Lipinski definition) is 4. The molecule has 1 aliphatic carbocycles. The van der Waals surface area contributed by atoms with Gasteiger partial charge in [0.15, 0.2) is 0 Å². The summed E-state index contributed by atoms with van der Waals surface area (Å²) in [6.45, 7) is 2.63. The minimum absolute atomic E-state index is 0.136. The van der Waals surface area contributed by atoms with E-state index >= 15 is 0 Å². The number of rotatable bonds is 3. The summed E-state index contributed by atoms with van der Waals surface area (Å²) in [6, 6.07) is 3.67. The van der Waals surface area contributed by atoms with Crippen LogP contribution in [0, 0.1) is 18.3 Å². The molecule has 0 aliphatic heterocycles. The second kappa shape index (κ2) is 5.93. The monoisotopic (exact) mass is 314 g/mol. The van der Waals surface area contributed by atoms with Crippen LogP contribution in [0.15, 0.2) is 12.3 Å². The lowest BCUT2D eigenvalue weighted by molar-refractivity contribution is 0.0942. The quantitative estimate of drug-likeness (QED) is 0.946. The molecule has 2 heterocycles. The molecule has 1 aliphatic rings. The number of fused-ring (bicyclic) bond motifs is 1. The second-order valence-electron chi connectivity index (χ2n) is 5.68. The summed E-state index contributed by atoms with van der Waals surface area (Å²) < 4.78 is 1.69. The van der Waals surface area contributed by atoms with E-state index in [0.717, 1.165) is 24.3 Å². The van der Waals surface area contributed by atoms with Crippen molar-refractivity contribution in [2.45, 2.75) is 32.1 Å². The van der Waals surface area contributed by atoms with Crippen LogP contribution in [0.4, 0.5) is 0 Å². The van der Waals surface area contributed by atoms with Gasteiger partial charge in [0.25, 0.3) is 5.91 Å². The van der Waals surface area contributed by atoms with Crippen molar-refractivity contribution < 1.29 is 4.79 Å². The zero-order valence-corrected chi connectivity index (χ0v) is 13.5. The highest BCUT2D eigenvalue weighted by Crippen LogP contribution is 2.34. The molecule has 3 rings (SSSR count). The van der Waals surface area contributed by atoms with Crippen LogP contribution in [-0.2, 0) is 13.5 Å². The van der Waals surface area contributed by atoms with E-state index in [9.17, 15) is 4.79 Å². The van der Waals surface area contributed by atoms with Gasteiger partial charge in [-0.05, 0) is 32.3 Å². The molecule has 5 nitrogen and oxygen atoms in total. The lowest BCUT2D eigenvalue weighted by Crippen LogP contribution is -2.31. The fourth-order valence-electron chi connectivity index (χ4n) is 2.99. The molecule has 114 valence electrons. The normalized spacial score (nSPS) is 16.9. The molecule has 0 radical (unpaired) electrons. The van der Waals surface area contributed by atoms with Crippen LogP contribution in [0.1, 0.15) is 50.4 Å². The van der Waals surface area contributed by atoms with Crippen molar-refractivity contribution in [2.24, 2.45) is 7.05 Å². The Morgan fingerprint density at radius 2 is 2.45 bits per heavy atom. The molecule has 0 fully saturated rings. The second-order valence-corrected chi connectivity index (χ2v) is 6.96. The summed E-state index contributed by atoms with van der Waals surface area (Å²) in [5, 5.41) is 13.0. The van der Waals surface area contributed by atoms with Crippen LogP contribution in [-0.4, -0.2) is 22.0 Å². The first-order valence-corrected chi connectivity index (χ1v) is 8.21. The van der Waals surface area contributed by atoms with Crippen LogP contribution < -0.4 is 5.32 Å². The van der Waals surface area contributed by atoms with Gasteiger partial charge in [0.05, 0.1) is 16.3 Å². The molecule has 0 spiro atoms. The van der Waals surface area contributed by atoms with Crippen molar-refractivity contribution in [3.63, 3.8) is 0 Å². The van der Waals surface area contributed by atoms with Crippen molar-refractivity contribution in [1.29, 1.82) is 5.26 Å². The number of nitrogens with zero attached hydrogens (tertiary/aromatic N) is 3. The summed E-state index contributed by atoms with van der Waals surface area (Å²) in [4.78, 5) is 18.3. The minimum Gasteiger partial charge on any atom is -0.350 e. The van der Waals surface area contributed by atoms with Gasteiger partial charge in [-0.15, -0.1) is 11.3 Å². The van der Waals surface area contributed by atoms with Crippen molar-refractivity contribution in [3.8, 4) is 6.07 Å². The molecule has 1 amide bonds. The topological polar surface area (TPSA) is 70.7 Å². The Balaban J connectivity index is 1.69. The molecule has 1 N–H and O–H groups in total. The number of carbonyl (C=O) groups is 1. The highest BCUT2D eigenvalue weighted by atomic mass is 32.1. The van der Waals surface area contributed by atoms with Crippen LogP contribution in [0.3, 0.4) is 0 Å². The highest BCUT2D eigenvalue weighted by Gasteiger charge is 2.24. The minimum atomic E-state index is -0.136. The largest absolute Gasteiger partial charge is 0.350 e. The van der Waals surface area contributed by atoms with Gasteiger partial charge < -0.3 is 9.88 Å². The Hall–Kier alpha value is -2.13. The molecule has 0 saturated carbocycles. The van der Waals surface area contributed by atoms with Crippen LogP contribution in [0.25, 0.3) is 0 Å². The summed E-state index contributed by atoms with van der Waals surface area (Å²) in [5.74, 6) is 0.163. The van der Waals surface area contributed by atoms with E-state index in [1.807, 2.05) is 6.92 Å². The van der Waals surface area contributed by atoms with E-state index in [1.165, 1.54) is 10.6 Å². The summed E-state index contributed by atoms with van der Waals surface area (Å²) in [7, 11) is 1.78. The summed E-state index contributed by atoms with van der Waals surface area (Å²) in [5.41, 5.74) is 2.18. The predicted octanol–water partition coefficient (Wildman–Crippen LogP) is 2.51. The number of amides is 1. The van der Waals surface area contributed by atoms with E-state index in [1.54, 1.807) is 35.2 Å². The summed E-state index contributed by atoms with van der Waals surface area (Å²) >= 11 is 1.77. The molecule has 0 saturated heterocycles. The number of hydrogen-bond donors (Lipinski definition) is 1. The Morgan fingerprint density at radius 3 is 3.18 bits per heavy atom. The van der Waals surface area contributed by atoms with E-state index in [-0.39, 0.29) is 5.91 Å². The molecule has 0 unspecified atom stereocenters. The van der Waals surface area contributed by atoms with Crippen LogP contribution in [0.2, 0.25) is 0 Å². The molecule has 22 heavy (non-hydrogen) atoms. The molecular weight excluding hydrogens is 296 g/mol. The maximum atomic E-state index is 12.3. The van der Waals surface area contributed by atoms with Gasteiger partial charge >= 0.3 is 0 Å². The van der Waals surface area contributed by atoms with Crippen LogP contribution in [0.5, 0.6) is 0 Å². The number of aromatic nitrogens is 2. The van der Waals surface area contributed by atoms with Gasteiger partial charge in [0.1, 0.15) is 11.8 Å². The highest BCUT2D eigenvalue weighted by molar-refractivity contribution is 7.11. The zero-order valence-electron chi connectivity index (χ0n) is 12.7. The molecule has 2 aromatic heterocycles. The van der Waals surface area contributed by atoms with Crippen LogP contribution >= 0.6 is 11.3 Å². The Morgan fingerprint density at radius 1 is 1.64 bits per heavy atom. The SMILES string of the molecule is Cc1nc2c(s1)CCC[C@@H]2CNC(=O)c1cc(C#N)cn1C. The standard InChI is InChI=1S/C16H18N4OS/c1-10-19-15-12(4-3-5-14(15)22-10)8-18-16(21)13-6-11(7-17)9-20(13)2/h6,9,12H,3-5,8H2,1-2H3,(H,18,21)/t12-/m1/s1. The Bertz CT molecular complexity index is 753. The third-order valence-corrected chi connectivity index (χ3v) is 5.10. The van der Waals surface area contributed by atoms with Crippen molar-refractivity contribution in [3.05, 3.63) is 39.1 Å². The zero-order chi connectivity index (χ0) is 15.7. The van der Waals surface area contributed by atoms with Crippen molar-refractivity contribution in [1.82, 2.24) is 14.9 Å². The smallest absolute Gasteiger partial charge is 0.267 e. The Labute approximate surface area is 133 Å². The lowest BCUT2D eigenvalue weighted by Gasteiger charge is -2.21. The lowest BCUT2D eigenvalue weighted by atomic mass is 9.91. The molecular formula is C16H18N4OS. The van der Waals surface area contributed by atoms with Gasteiger partial charge in [-0.25, -0.2) is 4.98 Å². The van der Waals surface area contributed by atoms with E-state index < -0.39 is 0 Å². The fraction of sp³-hybridized carbons (Fsp3) is 0.438. The van der Waals surface area contributed by atoms with Gasteiger partial charge in [-0.3, -0.25) is 4.79 Å². The average molecular weight is 314 g/mol. The average Bonchev–Trinajstić information content (AvgIpc) is 3.06. The first kappa shape index (κ1) is 14.8. The van der Waals surface area contributed by atoms with Gasteiger partial charge in [0, 0.05) is 30.6 Å². The number of aryl methyl sites for hydroxylation is 3.